The standard InChI is InChI=1S/C18H18N4O/c1-21(11-12-22-10-4-9-20-22)14-16-7-8-18(23-16)17-6-3-2-5-15(17)13-19/h2-10H,11-12,14H2,1H3. The summed E-state index contributed by atoms with van der Waals surface area (Å²) in [6.07, 6.45) is 3.74. The fourth-order valence-corrected chi connectivity index (χ4v) is 2.45. The van der Waals surface area contributed by atoms with Crippen molar-refractivity contribution >= 4 is 0 Å². The number of hydrogen-bond donors (Lipinski definition) is 0. The van der Waals surface area contributed by atoms with Crippen molar-refractivity contribution in [3.8, 4) is 17.4 Å². The minimum absolute atomic E-state index is 0.625. The Labute approximate surface area is 135 Å². The van der Waals surface area contributed by atoms with Gasteiger partial charge in [0.2, 0.25) is 0 Å². The van der Waals surface area contributed by atoms with E-state index in [1.54, 1.807) is 12.3 Å². The lowest BCUT2D eigenvalue weighted by Gasteiger charge is -2.14. The monoisotopic (exact) mass is 306 g/mol. The molecule has 0 atom stereocenters. The smallest absolute Gasteiger partial charge is 0.135 e. The third-order valence-corrected chi connectivity index (χ3v) is 3.67. The summed E-state index contributed by atoms with van der Waals surface area (Å²) in [5.74, 6) is 1.62. The molecule has 3 rings (SSSR count). The molecule has 116 valence electrons. The average molecular weight is 306 g/mol. The Morgan fingerprint density at radius 1 is 1.22 bits per heavy atom. The van der Waals surface area contributed by atoms with Gasteiger partial charge in [-0.1, -0.05) is 12.1 Å². The Kier molecular flexibility index (Phi) is 4.55. The zero-order valence-corrected chi connectivity index (χ0v) is 13.0. The van der Waals surface area contributed by atoms with Gasteiger partial charge in [0.15, 0.2) is 0 Å². The van der Waals surface area contributed by atoms with Crippen LogP contribution in [0.1, 0.15) is 11.3 Å². The largest absolute Gasteiger partial charge is 0.460 e. The van der Waals surface area contributed by atoms with Gasteiger partial charge in [-0.05, 0) is 37.4 Å². The van der Waals surface area contributed by atoms with Crippen molar-refractivity contribution in [3.05, 3.63) is 66.2 Å². The quantitative estimate of drug-likeness (QED) is 0.702. The first-order valence-electron chi connectivity index (χ1n) is 7.50. The predicted molar refractivity (Wildman–Crippen MR) is 87.4 cm³/mol. The Morgan fingerprint density at radius 3 is 2.87 bits per heavy atom. The lowest BCUT2D eigenvalue weighted by Crippen LogP contribution is -2.22. The lowest BCUT2D eigenvalue weighted by molar-refractivity contribution is 0.280. The molecule has 0 fully saturated rings. The van der Waals surface area contributed by atoms with Crippen molar-refractivity contribution < 1.29 is 4.42 Å². The maximum Gasteiger partial charge on any atom is 0.135 e. The van der Waals surface area contributed by atoms with E-state index in [4.69, 9.17) is 4.42 Å². The fraction of sp³-hybridized carbons (Fsp3) is 0.222. The van der Waals surface area contributed by atoms with Crippen LogP contribution in [0.15, 0.2) is 59.3 Å². The van der Waals surface area contributed by atoms with E-state index in [-0.39, 0.29) is 0 Å². The van der Waals surface area contributed by atoms with Crippen molar-refractivity contribution in [1.82, 2.24) is 14.7 Å². The Morgan fingerprint density at radius 2 is 2.09 bits per heavy atom. The van der Waals surface area contributed by atoms with Gasteiger partial charge in [0.25, 0.3) is 0 Å². The molecule has 0 radical (unpaired) electrons. The van der Waals surface area contributed by atoms with Crippen molar-refractivity contribution in [3.63, 3.8) is 0 Å². The van der Waals surface area contributed by atoms with E-state index in [1.807, 2.05) is 47.3 Å². The highest BCUT2D eigenvalue weighted by molar-refractivity contribution is 5.66. The van der Waals surface area contributed by atoms with Gasteiger partial charge in [0.1, 0.15) is 11.5 Å². The van der Waals surface area contributed by atoms with E-state index in [9.17, 15) is 5.26 Å². The van der Waals surface area contributed by atoms with Crippen LogP contribution in [0.4, 0.5) is 0 Å². The molecule has 0 bridgehead atoms. The van der Waals surface area contributed by atoms with E-state index >= 15 is 0 Å². The van der Waals surface area contributed by atoms with Gasteiger partial charge in [-0.15, -0.1) is 0 Å². The zero-order chi connectivity index (χ0) is 16.1. The van der Waals surface area contributed by atoms with Gasteiger partial charge in [-0.2, -0.15) is 10.4 Å². The molecule has 0 amide bonds. The topological polar surface area (TPSA) is 58.0 Å². The van der Waals surface area contributed by atoms with Crippen LogP contribution in [0, 0.1) is 11.3 Å². The molecule has 0 unspecified atom stereocenters. The molecule has 2 aromatic heterocycles. The first-order valence-corrected chi connectivity index (χ1v) is 7.50. The molecule has 5 heteroatoms. The van der Waals surface area contributed by atoms with Crippen LogP contribution in [0.5, 0.6) is 0 Å². The molecule has 0 spiro atoms. The van der Waals surface area contributed by atoms with Gasteiger partial charge in [0.05, 0.1) is 24.7 Å². The van der Waals surface area contributed by atoms with Crippen LogP contribution in [-0.4, -0.2) is 28.3 Å². The number of rotatable bonds is 6. The van der Waals surface area contributed by atoms with Gasteiger partial charge in [0, 0.05) is 24.5 Å². The summed E-state index contributed by atoms with van der Waals surface area (Å²) in [6.45, 7) is 2.44. The van der Waals surface area contributed by atoms with Crippen LogP contribution >= 0.6 is 0 Å². The number of nitriles is 1. The zero-order valence-electron chi connectivity index (χ0n) is 13.0. The normalized spacial score (nSPS) is 10.8. The number of likely N-dealkylation sites (N-methyl/N-ethyl adjacent to an activating group) is 1. The van der Waals surface area contributed by atoms with E-state index in [0.717, 1.165) is 36.7 Å². The van der Waals surface area contributed by atoms with Crippen LogP contribution < -0.4 is 0 Å². The Hall–Kier alpha value is -2.84. The Balaban J connectivity index is 1.64. The molecule has 5 nitrogen and oxygen atoms in total. The number of aromatic nitrogens is 2. The van der Waals surface area contributed by atoms with E-state index in [2.05, 4.69) is 23.1 Å². The van der Waals surface area contributed by atoms with Crippen LogP contribution in [0.25, 0.3) is 11.3 Å². The SMILES string of the molecule is CN(CCn1cccn1)Cc1ccc(-c2ccccc2C#N)o1. The maximum atomic E-state index is 9.18. The molecule has 23 heavy (non-hydrogen) atoms. The third-order valence-electron chi connectivity index (χ3n) is 3.67. The summed E-state index contributed by atoms with van der Waals surface area (Å²) in [6, 6.07) is 15.5. The first-order chi connectivity index (χ1) is 11.3. The van der Waals surface area contributed by atoms with E-state index in [1.165, 1.54) is 0 Å². The van der Waals surface area contributed by atoms with Gasteiger partial charge in [-0.3, -0.25) is 9.58 Å². The van der Waals surface area contributed by atoms with Crippen LogP contribution in [-0.2, 0) is 13.1 Å². The third kappa shape index (κ3) is 3.68. The molecule has 3 aromatic rings. The van der Waals surface area contributed by atoms with Crippen molar-refractivity contribution in [2.24, 2.45) is 0 Å². The van der Waals surface area contributed by atoms with Gasteiger partial charge >= 0.3 is 0 Å². The average Bonchev–Trinajstić information content (AvgIpc) is 3.24. The van der Waals surface area contributed by atoms with Crippen LogP contribution in [0.2, 0.25) is 0 Å². The van der Waals surface area contributed by atoms with Crippen molar-refractivity contribution in [2.75, 3.05) is 13.6 Å². The second kappa shape index (κ2) is 6.95. The predicted octanol–water partition coefficient (Wildman–Crippen LogP) is 3.15. The molecule has 0 saturated carbocycles. The number of hydrogen-bond acceptors (Lipinski definition) is 4. The number of nitrogens with zero attached hydrogens (tertiary/aromatic N) is 4. The molecule has 2 heterocycles. The minimum Gasteiger partial charge on any atom is -0.460 e. The van der Waals surface area contributed by atoms with E-state index in [0.29, 0.717) is 5.56 Å². The second-order valence-corrected chi connectivity index (χ2v) is 5.43. The molecule has 0 aliphatic rings. The molecule has 0 saturated heterocycles. The number of benzene rings is 1. The van der Waals surface area contributed by atoms with Crippen LogP contribution in [0.3, 0.4) is 0 Å². The summed E-state index contributed by atoms with van der Waals surface area (Å²) >= 11 is 0. The molecular formula is C18H18N4O. The van der Waals surface area contributed by atoms with Gasteiger partial charge < -0.3 is 4.42 Å². The summed E-state index contributed by atoms with van der Waals surface area (Å²) < 4.78 is 7.81. The second-order valence-electron chi connectivity index (χ2n) is 5.43. The summed E-state index contributed by atoms with van der Waals surface area (Å²) in [5.41, 5.74) is 1.46. The summed E-state index contributed by atoms with van der Waals surface area (Å²) in [7, 11) is 2.05. The molecule has 0 N–H and O–H groups in total. The Bertz CT molecular complexity index is 799. The highest BCUT2D eigenvalue weighted by atomic mass is 16.3. The van der Waals surface area contributed by atoms with Crippen molar-refractivity contribution in [2.45, 2.75) is 13.1 Å². The minimum atomic E-state index is 0.625. The highest BCUT2D eigenvalue weighted by Gasteiger charge is 2.10. The fourth-order valence-electron chi connectivity index (χ4n) is 2.45. The number of furan rings is 1. The summed E-state index contributed by atoms with van der Waals surface area (Å²) in [4.78, 5) is 2.18. The van der Waals surface area contributed by atoms with E-state index < -0.39 is 0 Å². The maximum absolute atomic E-state index is 9.18. The molecule has 1 aromatic carbocycles. The summed E-state index contributed by atoms with van der Waals surface area (Å²) in [5, 5.41) is 13.4. The molecular weight excluding hydrogens is 288 g/mol. The molecule has 0 aliphatic carbocycles. The van der Waals surface area contributed by atoms with Gasteiger partial charge in [-0.25, -0.2) is 0 Å². The lowest BCUT2D eigenvalue weighted by atomic mass is 10.1. The first kappa shape index (κ1) is 15.1. The van der Waals surface area contributed by atoms with Crippen molar-refractivity contribution in [1.29, 1.82) is 5.26 Å². The molecule has 0 aliphatic heterocycles. The highest BCUT2D eigenvalue weighted by Crippen LogP contribution is 2.25.